The fraction of sp³-hybridized carbons (Fsp3) is 0.407. The number of para-hydroxylation sites is 1. The summed E-state index contributed by atoms with van der Waals surface area (Å²) < 4.78 is 5.48. The molecule has 1 saturated carbocycles. The molecule has 9 heteroatoms. The van der Waals surface area contributed by atoms with Gasteiger partial charge in [-0.2, -0.15) is 0 Å². The fourth-order valence-corrected chi connectivity index (χ4v) is 5.36. The molecular formula is C27H30N4O5. The van der Waals surface area contributed by atoms with E-state index in [9.17, 15) is 19.2 Å². The van der Waals surface area contributed by atoms with E-state index in [1.165, 1.54) is 9.80 Å². The van der Waals surface area contributed by atoms with E-state index in [1.807, 2.05) is 48.5 Å². The van der Waals surface area contributed by atoms with E-state index < -0.39 is 29.5 Å². The molecule has 0 bridgehead atoms. The Morgan fingerprint density at radius 3 is 2.53 bits per heavy atom. The van der Waals surface area contributed by atoms with Crippen LogP contribution in [0.25, 0.3) is 0 Å². The fourth-order valence-electron chi connectivity index (χ4n) is 5.36. The number of benzene rings is 2. The Hall–Kier alpha value is -3.88. The summed E-state index contributed by atoms with van der Waals surface area (Å²) >= 11 is 0. The van der Waals surface area contributed by atoms with Crippen molar-refractivity contribution in [3.63, 3.8) is 0 Å². The van der Waals surface area contributed by atoms with Crippen LogP contribution in [0.15, 0.2) is 54.6 Å². The van der Waals surface area contributed by atoms with Gasteiger partial charge >= 0.3 is 6.09 Å². The minimum atomic E-state index is -1.05. The molecule has 4 amide bonds. The summed E-state index contributed by atoms with van der Waals surface area (Å²) in [5, 5.41) is 2.88. The second-order valence-corrected chi connectivity index (χ2v) is 10.0. The Kier molecular flexibility index (Phi) is 6.15. The van der Waals surface area contributed by atoms with Crippen LogP contribution >= 0.6 is 0 Å². The lowest BCUT2D eigenvalue weighted by Gasteiger charge is -2.32. The minimum absolute atomic E-state index is 0.0242. The number of nitrogens with two attached hydrogens (primary N) is 1. The molecule has 9 nitrogen and oxygen atoms in total. The first-order chi connectivity index (χ1) is 17.3. The Morgan fingerprint density at radius 2 is 1.83 bits per heavy atom. The number of ether oxygens (including phenoxy) is 1. The lowest BCUT2D eigenvalue weighted by molar-refractivity contribution is -0.141. The van der Waals surface area contributed by atoms with E-state index in [-0.39, 0.29) is 31.4 Å². The van der Waals surface area contributed by atoms with Gasteiger partial charge in [0.05, 0.1) is 5.41 Å². The van der Waals surface area contributed by atoms with Gasteiger partial charge in [-0.05, 0) is 36.0 Å². The zero-order valence-corrected chi connectivity index (χ0v) is 20.2. The predicted octanol–water partition coefficient (Wildman–Crippen LogP) is 2.40. The first-order valence-corrected chi connectivity index (χ1v) is 12.2. The highest BCUT2D eigenvalue weighted by atomic mass is 16.6. The number of likely N-dealkylation sites (tertiary alicyclic amines) is 1. The molecule has 0 unspecified atom stereocenters. The van der Waals surface area contributed by atoms with Gasteiger partial charge in [0, 0.05) is 19.3 Å². The Balaban J connectivity index is 1.38. The van der Waals surface area contributed by atoms with Crippen molar-refractivity contribution in [3.05, 3.63) is 65.7 Å². The molecule has 1 spiro atoms. The van der Waals surface area contributed by atoms with Crippen LogP contribution in [0.3, 0.4) is 0 Å². The third-order valence-corrected chi connectivity index (χ3v) is 7.59. The van der Waals surface area contributed by atoms with E-state index in [2.05, 4.69) is 5.32 Å². The number of hydrogen-bond acceptors (Lipinski definition) is 5. The maximum absolute atomic E-state index is 13.9. The van der Waals surface area contributed by atoms with Crippen LogP contribution in [0.5, 0.6) is 0 Å². The predicted molar refractivity (Wildman–Crippen MR) is 132 cm³/mol. The summed E-state index contributed by atoms with van der Waals surface area (Å²) in [5.41, 5.74) is 6.95. The standard InChI is InChI=1S/C27H30N4O5/c1-30(26(35)36-15-18-7-3-2-4-8-18)21(13-17-11-12-17)24(33)31-16-27(14-22(31)23(28)32)19-9-5-6-10-20(19)29-25(27)34/h2-10,17,21-22H,11-16H2,1H3,(H2,28,32)(H,29,34)/t21-,22-,27-/m0/s1. The van der Waals surface area contributed by atoms with Crippen LogP contribution in [-0.4, -0.2) is 59.3 Å². The molecule has 0 aromatic heterocycles. The van der Waals surface area contributed by atoms with E-state index in [0.717, 1.165) is 24.0 Å². The number of nitrogens with one attached hydrogen (secondary N) is 1. The molecule has 1 saturated heterocycles. The summed E-state index contributed by atoms with van der Waals surface area (Å²) in [4.78, 5) is 55.2. The van der Waals surface area contributed by atoms with Gasteiger partial charge < -0.3 is 20.7 Å². The number of primary amides is 1. The van der Waals surface area contributed by atoms with Crippen LogP contribution < -0.4 is 11.1 Å². The second kappa shape index (κ2) is 9.29. The topological polar surface area (TPSA) is 122 Å². The van der Waals surface area contributed by atoms with Gasteiger partial charge in [-0.1, -0.05) is 61.4 Å². The van der Waals surface area contributed by atoms with Gasteiger partial charge in [-0.3, -0.25) is 19.3 Å². The number of nitrogens with zero attached hydrogens (tertiary/aromatic N) is 2. The van der Waals surface area contributed by atoms with E-state index >= 15 is 0 Å². The third kappa shape index (κ3) is 4.29. The van der Waals surface area contributed by atoms with Crippen molar-refractivity contribution in [1.29, 1.82) is 0 Å². The number of amides is 4. The number of fused-ring (bicyclic) bond motifs is 2. The van der Waals surface area contributed by atoms with Crippen molar-refractivity contribution in [1.82, 2.24) is 9.80 Å². The molecule has 3 aliphatic rings. The van der Waals surface area contributed by atoms with Crippen molar-refractivity contribution in [2.75, 3.05) is 18.9 Å². The van der Waals surface area contributed by atoms with Gasteiger partial charge in [0.2, 0.25) is 17.7 Å². The largest absolute Gasteiger partial charge is 0.445 e. The second-order valence-electron chi connectivity index (χ2n) is 10.0. The summed E-state index contributed by atoms with van der Waals surface area (Å²) in [6.45, 7) is 0.110. The molecule has 36 heavy (non-hydrogen) atoms. The normalized spacial score (nSPS) is 23.2. The van der Waals surface area contributed by atoms with Crippen LogP contribution in [0.2, 0.25) is 0 Å². The molecule has 2 aromatic carbocycles. The van der Waals surface area contributed by atoms with Gasteiger partial charge in [-0.15, -0.1) is 0 Å². The zero-order chi connectivity index (χ0) is 25.4. The third-order valence-electron chi connectivity index (χ3n) is 7.59. The van der Waals surface area contributed by atoms with Crippen molar-refractivity contribution in [3.8, 4) is 0 Å². The summed E-state index contributed by atoms with van der Waals surface area (Å²) in [6, 6.07) is 14.8. The zero-order valence-electron chi connectivity index (χ0n) is 20.2. The highest BCUT2D eigenvalue weighted by molar-refractivity contribution is 6.08. The lowest BCUT2D eigenvalue weighted by Crippen LogP contribution is -2.53. The smallest absolute Gasteiger partial charge is 0.410 e. The molecule has 2 aliphatic heterocycles. The van der Waals surface area contributed by atoms with Crippen LogP contribution in [-0.2, 0) is 31.1 Å². The minimum Gasteiger partial charge on any atom is -0.445 e. The molecule has 3 atom stereocenters. The monoisotopic (exact) mass is 490 g/mol. The molecule has 5 rings (SSSR count). The Labute approximate surface area is 209 Å². The van der Waals surface area contributed by atoms with E-state index in [4.69, 9.17) is 10.5 Å². The van der Waals surface area contributed by atoms with Gasteiger partial charge in [0.15, 0.2) is 0 Å². The summed E-state index contributed by atoms with van der Waals surface area (Å²) in [5.74, 6) is -0.988. The molecule has 2 heterocycles. The van der Waals surface area contributed by atoms with E-state index in [1.54, 1.807) is 13.1 Å². The molecule has 2 fully saturated rings. The highest BCUT2D eigenvalue weighted by Gasteiger charge is 2.58. The lowest BCUT2D eigenvalue weighted by atomic mass is 9.79. The van der Waals surface area contributed by atoms with E-state index in [0.29, 0.717) is 18.0 Å². The van der Waals surface area contributed by atoms with Crippen molar-refractivity contribution in [2.24, 2.45) is 11.7 Å². The van der Waals surface area contributed by atoms with Crippen LogP contribution in [0, 0.1) is 5.92 Å². The Morgan fingerprint density at radius 1 is 1.14 bits per heavy atom. The van der Waals surface area contributed by atoms with Crippen molar-refractivity contribution in [2.45, 2.75) is 49.8 Å². The molecule has 2 aromatic rings. The molecule has 188 valence electrons. The van der Waals surface area contributed by atoms with Crippen LogP contribution in [0.4, 0.5) is 10.5 Å². The highest BCUT2D eigenvalue weighted by Crippen LogP contribution is 2.47. The average Bonchev–Trinajstić information content (AvgIpc) is 3.55. The SMILES string of the molecule is CN(C(=O)OCc1ccccc1)[C@@H](CC1CC1)C(=O)N1C[C@]2(C[C@H]1C(N)=O)C(=O)Nc1ccccc12. The summed E-state index contributed by atoms with van der Waals surface area (Å²) in [7, 11) is 1.54. The maximum atomic E-state index is 13.9. The quantitative estimate of drug-likeness (QED) is 0.617. The molecule has 1 aliphatic carbocycles. The number of anilines is 1. The number of hydrogen-bond donors (Lipinski definition) is 2. The number of carbonyl (C=O) groups is 4. The van der Waals surface area contributed by atoms with Crippen LogP contribution in [0.1, 0.15) is 36.8 Å². The maximum Gasteiger partial charge on any atom is 0.410 e. The number of likely N-dealkylation sites (N-methyl/N-ethyl adjacent to an activating group) is 1. The summed E-state index contributed by atoms with van der Waals surface area (Å²) in [6.07, 6.45) is 1.92. The Bertz CT molecular complexity index is 1200. The van der Waals surface area contributed by atoms with Gasteiger partial charge in [-0.25, -0.2) is 4.79 Å². The molecule has 3 N–H and O–H groups in total. The molecular weight excluding hydrogens is 460 g/mol. The van der Waals surface area contributed by atoms with Crippen molar-refractivity contribution < 1.29 is 23.9 Å². The first-order valence-electron chi connectivity index (χ1n) is 12.2. The first kappa shape index (κ1) is 23.8. The van der Waals surface area contributed by atoms with Gasteiger partial charge in [0.25, 0.3) is 0 Å². The van der Waals surface area contributed by atoms with Crippen molar-refractivity contribution >= 4 is 29.5 Å². The number of rotatable bonds is 7. The average molecular weight is 491 g/mol. The molecule has 0 radical (unpaired) electrons. The van der Waals surface area contributed by atoms with Gasteiger partial charge in [0.1, 0.15) is 18.7 Å². The number of carbonyl (C=O) groups excluding carboxylic acids is 4.